The summed E-state index contributed by atoms with van der Waals surface area (Å²) in [6.45, 7) is 1.69. The number of rotatable bonds is 5. The SMILES string of the molecule is Cc1ccn2nc(NS(=O)(=O)N(C(=O)CCl)c3c(F)cccc3F)nc2n1. The first kappa shape index (κ1) is 18.9. The predicted octanol–water partition coefficient (Wildman–Crippen LogP) is 1.64. The van der Waals surface area contributed by atoms with Gasteiger partial charge in [-0.1, -0.05) is 6.07 Å². The highest BCUT2D eigenvalue weighted by atomic mass is 35.5. The van der Waals surface area contributed by atoms with Gasteiger partial charge in [-0.3, -0.25) is 4.79 Å². The van der Waals surface area contributed by atoms with E-state index < -0.39 is 45.3 Å². The number of benzene rings is 1. The molecule has 0 unspecified atom stereocenters. The number of hydrogen-bond donors (Lipinski definition) is 1. The van der Waals surface area contributed by atoms with E-state index in [2.05, 4.69) is 15.1 Å². The molecule has 0 radical (unpaired) electrons. The third-order valence-electron chi connectivity index (χ3n) is 3.29. The van der Waals surface area contributed by atoms with Crippen molar-refractivity contribution in [1.29, 1.82) is 0 Å². The fourth-order valence-electron chi connectivity index (χ4n) is 2.19. The maximum atomic E-state index is 14.1. The molecule has 0 aliphatic heterocycles. The lowest BCUT2D eigenvalue weighted by atomic mass is 10.3. The number of halogens is 3. The van der Waals surface area contributed by atoms with E-state index in [-0.39, 0.29) is 10.1 Å². The normalized spacial score (nSPS) is 11.6. The van der Waals surface area contributed by atoms with Gasteiger partial charge in [0.25, 0.3) is 17.6 Å². The number of aryl methyl sites for hydroxylation is 1. The van der Waals surface area contributed by atoms with E-state index in [1.807, 2.05) is 4.72 Å². The van der Waals surface area contributed by atoms with Crippen LogP contribution < -0.4 is 9.03 Å². The number of carbonyl (C=O) groups is 1. The van der Waals surface area contributed by atoms with Crippen LogP contribution >= 0.6 is 11.6 Å². The predicted molar refractivity (Wildman–Crippen MR) is 92.6 cm³/mol. The molecule has 27 heavy (non-hydrogen) atoms. The number of nitrogens with one attached hydrogen (secondary N) is 1. The van der Waals surface area contributed by atoms with Gasteiger partial charge in [-0.15, -0.1) is 16.7 Å². The molecule has 0 bridgehead atoms. The number of nitrogens with zero attached hydrogens (tertiary/aromatic N) is 5. The molecule has 0 aliphatic rings. The number of carbonyl (C=O) groups excluding carboxylic acids is 1. The lowest BCUT2D eigenvalue weighted by Crippen LogP contribution is -2.42. The molecule has 1 aromatic carbocycles. The molecule has 1 amide bonds. The van der Waals surface area contributed by atoms with Crippen LogP contribution in [0.1, 0.15) is 5.69 Å². The smallest absolute Gasteiger partial charge is 0.272 e. The van der Waals surface area contributed by atoms with Crippen LogP contribution in [-0.2, 0) is 15.0 Å². The molecule has 9 nitrogen and oxygen atoms in total. The Hall–Kier alpha value is -2.86. The van der Waals surface area contributed by atoms with Crippen LogP contribution in [0, 0.1) is 18.6 Å². The van der Waals surface area contributed by atoms with Gasteiger partial charge in [0.2, 0.25) is 0 Å². The average Bonchev–Trinajstić information content (AvgIpc) is 2.97. The van der Waals surface area contributed by atoms with Crippen LogP contribution in [0.15, 0.2) is 30.5 Å². The van der Waals surface area contributed by atoms with Gasteiger partial charge >= 0.3 is 10.2 Å². The second kappa shape index (κ2) is 7.04. The van der Waals surface area contributed by atoms with Crippen LogP contribution in [0.4, 0.5) is 20.4 Å². The molecule has 13 heteroatoms. The van der Waals surface area contributed by atoms with E-state index >= 15 is 0 Å². The molecule has 0 aliphatic carbocycles. The molecule has 1 N–H and O–H groups in total. The average molecular weight is 417 g/mol. The Morgan fingerprint density at radius 3 is 2.56 bits per heavy atom. The standard InChI is InChI=1S/C14H11ClF2N6O3S/c1-8-5-6-22-14(18-8)19-13(20-22)21-27(25,26)23(11(24)7-15)12-9(16)3-2-4-10(12)17/h2-6H,7H2,1H3,(H,20,21). The molecule has 0 atom stereocenters. The lowest BCUT2D eigenvalue weighted by molar-refractivity contribution is -0.115. The van der Waals surface area contributed by atoms with Crippen LogP contribution in [0.3, 0.4) is 0 Å². The van der Waals surface area contributed by atoms with Gasteiger partial charge in [-0.25, -0.2) is 23.0 Å². The summed E-state index contributed by atoms with van der Waals surface area (Å²) in [7, 11) is -4.84. The van der Waals surface area contributed by atoms with Crippen molar-refractivity contribution in [3.05, 3.63) is 47.8 Å². The summed E-state index contributed by atoms with van der Waals surface area (Å²) in [6, 6.07) is 4.24. The number of para-hydroxylation sites is 1. The first-order valence-corrected chi connectivity index (χ1v) is 9.26. The fourth-order valence-corrected chi connectivity index (χ4v) is 3.53. The van der Waals surface area contributed by atoms with Crippen molar-refractivity contribution in [3.63, 3.8) is 0 Å². The summed E-state index contributed by atoms with van der Waals surface area (Å²) in [6.07, 6.45) is 1.49. The molecule has 3 aromatic rings. The maximum absolute atomic E-state index is 14.1. The van der Waals surface area contributed by atoms with Crippen molar-refractivity contribution < 1.29 is 22.0 Å². The van der Waals surface area contributed by atoms with Crippen molar-refractivity contribution in [2.24, 2.45) is 0 Å². The minimum absolute atomic E-state index is 0.0833. The Bertz CT molecular complexity index is 1120. The highest BCUT2D eigenvalue weighted by Crippen LogP contribution is 2.26. The Morgan fingerprint density at radius 2 is 1.93 bits per heavy atom. The highest BCUT2D eigenvalue weighted by molar-refractivity contribution is 7.94. The van der Waals surface area contributed by atoms with E-state index in [1.165, 1.54) is 10.7 Å². The topological polar surface area (TPSA) is 110 Å². The first-order valence-electron chi connectivity index (χ1n) is 7.29. The zero-order valence-corrected chi connectivity index (χ0v) is 15.2. The van der Waals surface area contributed by atoms with Gasteiger partial charge in [0.15, 0.2) is 11.6 Å². The number of aromatic nitrogens is 4. The summed E-state index contributed by atoms with van der Waals surface area (Å²) in [5, 5.41) is 3.84. The largest absolute Gasteiger partial charge is 0.333 e. The maximum Gasteiger partial charge on any atom is 0.333 e. The molecule has 3 rings (SSSR count). The lowest BCUT2D eigenvalue weighted by Gasteiger charge is -2.22. The van der Waals surface area contributed by atoms with E-state index in [0.717, 1.165) is 18.2 Å². The van der Waals surface area contributed by atoms with Gasteiger partial charge in [-0.05, 0) is 25.1 Å². The quantitative estimate of drug-likeness (QED) is 0.633. The minimum atomic E-state index is -4.84. The van der Waals surface area contributed by atoms with Crippen LogP contribution in [0.25, 0.3) is 5.78 Å². The number of alkyl halides is 1. The minimum Gasteiger partial charge on any atom is -0.272 e. The summed E-state index contributed by atoms with van der Waals surface area (Å²) >= 11 is 5.42. The molecular weight excluding hydrogens is 406 g/mol. The summed E-state index contributed by atoms with van der Waals surface area (Å²) in [5.41, 5.74) is -0.481. The van der Waals surface area contributed by atoms with Crippen molar-refractivity contribution in [1.82, 2.24) is 19.6 Å². The fraction of sp³-hybridized carbons (Fsp3) is 0.143. The number of amides is 1. The van der Waals surface area contributed by atoms with Crippen molar-refractivity contribution in [2.45, 2.75) is 6.92 Å². The van der Waals surface area contributed by atoms with Crippen LogP contribution in [0.2, 0.25) is 0 Å². The van der Waals surface area contributed by atoms with Crippen molar-refractivity contribution in [3.8, 4) is 0 Å². The number of fused-ring (bicyclic) bond motifs is 1. The molecule has 2 heterocycles. The molecule has 0 fully saturated rings. The number of anilines is 2. The molecular formula is C14H11ClF2N6O3S. The van der Waals surface area contributed by atoms with Gasteiger partial charge in [0, 0.05) is 11.9 Å². The third kappa shape index (κ3) is 3.66. The van der Waals surface area contributed by atoms with E-state index in [1.54, 1.807) is 13.0 Å². The summed E-state index contributed by atoms with van der Waals surface area (Å²) in [5.74, 6) is -5.00. The van der Waals surface area contributed by atoms with Crippen molar-refractivity contribution >= 4 is 45.1 Å². The van der Waals surface area contributed by atoms with Gasteiger partial charge in [-0.2, -0.15) is 17.7 Å². The molecule has 142 valence electrons. The molecule has 0 saturated carbocycles. The highest BCUT2D eigenvalue weighted by Gasteiger charge is 2.34. The zero-order chi connectivity index (χ0) is 19.8. The molecule has 0 spiro atoms. The second-order valence-corrected chi connectivity index (χ2v) is 7.00. The number of hydrogen-bond acceptors (Lipinski definition) is 6. The van der Waals surface area contributed by atoms with Crippen LogP contribution in [-0.4, -0.2) is 39.8 Å². The Kier molecular flexibility index (Phi) is 4.93. The van der Waals surface area contributed by atoms with Gasteiger partial charge in [0.1, 0.15) is 11.6 Å². The Balaban J connectivity index is 2.06. The van der Waals surface area contributed by atoms with Gasteiger partial charge in [0.05, 0.1) is 0 Å². The van der Waals surface area contributed by atoms with Gasteiger partial charge < -0.3 is 0 Å². The molecule has 0 saturated heterocycles. The Labute approximate surface area is 156 Å². The third-order valence-corrected chi connectivity index (χ3v) is 4.82. The summed E-state index contributed by atoms with van der Waals surface area (Å²) < 4.78 is 56.4. The monoisotopic (exact) mass is 416 g/mol. The van der Waals surface area contributed by atoms with Crippen molar-refractivity contribution in [2.75, 3.05) is 14.9 Å². The van der Waals surface area contributed by atoms with E-state index in [0.29, 0.717) is 5.69 Å². The Morgan fingerprint density at radius 1 is 1.26 bits per heavy atom. The van der Waals surface area contributed by atoms with E-state index in [9.17, 15) is 22.0 Å². The van der Waals surface area contributed by atoms with Crippen LogP contribution in [0.5, 0.6) is 0 Å². The second-order valence-electron chi connectivity index (χ2n) is 5.22. The summed E-state index contributed by atoms with van der Waals surface area (Å²) in [4.78, 5) is 20.0. The molecule has 2 aromatic heterocycles. The van der Waals surface area contributed by atoms with E-state index in [4.69, 9.17) is 11.6 Å². The zero-order valence-electron chi connectivity index (χ0n) is 13.6. The first-order chi connectivity index (χ1) is 12.7.